The molecule has 6 nitrogen and oxygen atoms in total. The van der Waals surface area contributed by atoms with Gasteiger partial charge in [-0.05, 0) is 19.1 Å². The number of hydrogen-bond acceptors (Lipinski definition) is 4. The lowest BCUT2D eigenvalue weighted by molar-refractivity contribution is -0.116. The number of fused-ring (bicyclic) bond motifs is 1. The molecule has 1 aliphatic heterocycles. The van der Waals surface area contributed by atoms with Gasteiger partial charge in [0.25, 0.3) is 5.91 Å². The minimum absolute atomic E-state index is 0.0459. The van der Waals surface area contributed by atoms with E-state index < -0.39 is 5.97 Å². The lowest BCUT2D eigenvalue weighted by atomic mass is 10.0. The second-order valence-corrected chi connectivity index (χ2v) is 4.16. The Bertz CT molecular complexity index is 554. The van der Waals surface area contributed by atoms with Crippen molar-refractivity contribution in [1.29, 1.82) is 0 Å². The Hall–Kier alpha value is -2.37. The van der Waals surface area contributed by atoms with E-state index in [1.54, 1.807) is 19.1 Å². The molecule has 0 aromatic heterocycles. The van der Waals surface area contributed by atoms with Crippen LogP contribution >= 0.6 is 0 Å². The van der Waals surface area contributed by atoms with Gasteiger partial charge in [-0.1, -0.05) is 6.07 Å². The van der Waals surface area contributed by atoms with Gasteiger partial charge >= 0.3 is 5.97 Å². The molecule has 19 heavy (non-hydrogen) atoms. The summed E-state index contributed by atoms with van der Waals surface area (Å²) in [4.78, 5) is 36.9. The zero-order chi connectivity index (χ0) is 14.0. The molecule has 1 aliphatic rings. The lowest BCUT2D eigenvalue weighted by Crippen LogP contribution is -2.31. The number of ether oxygens (including phenoxy) is 1. The fourth-order valence-electron chi connectivity index (χ4n) is 1.93. The minimum Gasteiger partial charge on any atom is -0.462 e. The molecule has 0 unspecified atom stereocenters. The highest BCUT2D eigenvalue weighted by Gasteiger charge is 2.28. The molecule has 0 radical (unpaired) electrons. The maximum Gasteiger partial charge on any atom is 0.339 e. The third-order valence-electron chi connectivity index (χ3n) is 2.78. The van der Waals surface area contributed by atoms with Crippen molar-refractivity contribution in [3.05, 3.63) is 29.3 Å². The molecule has 0 saturated carbocycles. The summed E-state index contributed by atoms with van der Waals surface area (Å²) >= 11 is 0. The number of rotatable bonds is 2. The topological polar surface area (TPSA) is 75.7 Å². The van der Waals surface area contributed by atoms with E-state index in [2.05, 4.69) is 5.32 Å². The summed E-state index contributed by atoms with van der Waals surface area (Å²) in [6.07, 6.45) is 0. The van der Waals surface area contributed by atoms with Crippen molar-refractivity contribution >= 4 is 23.5 Å². The van der Waals surface area contributed by atoms with Crippen LogP contribution in [0.5, 0.6) is 0 Å². The predicted molar refractivity (Wildman–Crippen MR) is 68.0 cm³/mol. The van der Waals surface area contributed by atoms with Gasteiger partial charge in [0, 0.05) is 7.05 Å². The van der Waals surface area contributed by atoms with Crippen LogP contribution in [0.3, 0.4) is 0 Å². The summed E-state index contributed by atoms with van der Waals surface area (Å²) in [7, 11) is 1.51. The molecule has 0 aliphatic carbocycles. The van der Waals surface area contributed by atoms with Gasteiger partial charge in [0.1, 0.15) is 0 Å². The first-order valence-electron chi connectivity index (χ1n) is 5.90. The summed E-state index contributed by atoms with van der Waals surface area (Å²) < 4.78 is 4.92. The van der Waals surface area contributed by atoms with Crippen molar-refractivity contribution < 1.29 is 19.1 Å². The number of carbonyl (C=O) groups is 3. The van der Waals surface area contributed by atoms with Gasteiger partial charge in [-0.15, -0.1) is 0 Å². The maximum atomic E-state index is 12.2. The van der Waals surface area contributed by atoms with E-state index in [0.29, 0.717) is 5.69 Å². The summed E-state index contributed by atoms with van der Waals surface area (Å²) in [5.41, 5.74) is 0.678. The van der Waals surface area contributed by atoms with E-state index >= 15 is 0 Å². The molecule has 0 saturated heterocycles. The average molecular weight is 262 g/mol. The first kappa shape index (κ1) is 13.1. The van der Waals surface area contributed by atoms with Crippen LogP contribution in [-0.2, 0) is 9.53 Å². The standard InChI is InChI=1S/C13H14N2O4/c1-3-19-13(18)8-5-4-6-9-11(8)12(17)15(2)7-10(16)14-9/h4-6H,3,7H2,1-2H3,(H,14,16). The number of anilines is 1. The number of nitrogens with zero attached hydrogens (tertiary/aromatic N) is 1. The molecular formula is C13H14N2O4. The van der Waals surface area contributed by atoms with Crippen molar-refractivity contribution in [1.82, 2.24) is 4.90 Å². The Morgan fingerprint density at radius 3 is 2.84 bits per heavy atom. The third kappa shape index (κ3) is 2.42. The van der Waals surface area contributed by atoms with Crippen LogP contribution in [-0.4, -0.2) is 42.9 Å². The van der Waals surface area contributed by atoms with Crippen LogP contribution in [0.4, 0.5) is 5.69 Å². The molecule has 100 valence electrons. The average Bonchev–Trinajstić information content (AvgIpc) is 2.47. The van der Waals surface area contributed by atoms with E-state index in [-0.39, 0.29) is 36.1 Å². The van der Waals surface area contributed by atoms with Crippen molar-refractivity contribution in [2.24, 2.45) is 0 Å². The summed E-state index contributed by atoms with van der Waals surface area (Å²) in [5.74, 6) is -1.25. The number of hydrogen-bond donors (Lipinski definition) is 1. The van der Waals surface area contributed by atoms with Crippen LogP contribution < -0.4 is 5.32 Å². The number of benzene rings is 1. The van der Waals surface area contributed by atoms with Crippen LogP contribution in [0.2, 0.25) is 0 Å². The fourth-order valence-corrected chi connectivity index (χ4v) is 1.93. The molecule has 0 atom stereocenters. The monoisotopic (exact) mass is 262 g/mol. The first-order valence-corrected chi connectivity index (χ1v) is 5.90. The van der Waals surface area contributed by atoms with Gasteiger partial charge in [0.2, 0.25) is 5.91 Å². The van der Waals surface area contributed by atoms with Gasteiger partial charge in [0.05, 0.1) is 30.0 Å². The normalized spacial score (nSPS) is 14.5. The molecule has 6 heteroatoms. The molecule has 2 amide bonds. The quantitative estimate of drug-likeness (QED) is 0.803. The molecule has 2 rings (SSSR count). The molecule has 0 spiro atoms. The Kier molecular flexibility index (Phi) is 3.50. The number of carbonyl (C=O) groups excluding carboxylic acids is 3. The second-order valence-electron chi connectivity index (χ2n) is 4.16. The molecule has 1 heterocycles. The number of esters is 1. The second kappa shape index (κ2) is 5.09. The van der Waals surface area contributed by atoms with Crippen molar-refractivity contribution in [3.63, 3.8) is 0 Å². The zero-order valence-electron chi connectivity index (χ0n) is 10.7. The van der Waals surface area contributed by atoms with Crippen LogP contribution in [0.1, 0.15) is 27.6 Å². The van der Waals surface area contributed by atoms with Gasteiger partial charge < -0.3 is 15.0 Å². The molecule has 0 bridgehead atoms. The Morgan fingerprint density at radius 1 is 1.42 bits per heavy atom. The van der Waals surface area contributed by atoms with Gasteiger partial charge in [-0.25, -0.2) is 4.79 Å². The highest BCUT2D eigenvalue weighted by Crippen LogP contribution is 2.24. The molecule has 1 aromatic carbocycles. The number of likely N-dealkylation sites (N-methyl/N-ethyl adjacent to an activating group) is 1. The van der Waals surface area contributed by atoms with Crippen LogP contribution in [0, 0.1) is 0 Å². The largest absolute Gasteiger partial charge is 0.462 e. The molecular weight excluding hydrogens is 248 g/mol. The lowest BCUT2D eigenvalue weighted by Gasteiger charge is -2.14. The highest BCUT2D eigenvalue weighted by molar-refractivity contribution is 6.14. The fraction of sp³-hybridized carbons (Fsp3) is 0.308. The Balaban J connectivity index is 2.55. The van der Waals surface area contributed by atoms with Gasteiger partial charge in [-0.2, -0.15) is 0 Å². The highest BCUT2D eigenvalue weighted by atomic mass is 16.5. The smallest absolute Gasteiger partial charge is 0.339 e. The summed E-state index contributed by atoms with van der Waals surface area (Å²) in [6.45, 7) is 1.86. The summed E-state index contributed by atoms with van der Waals surface area (Å²) in [5, 5.41) is 2.61. The van der Waals surface area contributed by atoms with E-state index in [9.17, 15) is 14.4 Å². The van der Waals surface area contributed by atoms with Crippen molar-refractivity contribution in [2.75, 3.05) is 25.5 Å². The molecule has 0 fully saturated rings. The van der Waals surface area contributed by atoms with Gasteiger partial charge in [-0.3, -0.25) is 9.59 Å². The van der Waals surface area contributed by atoms with Gasteiger partial charge in [0.15, 0.2) is 0 Å². The first-order chi connectivity index (χ1) is 9.04. The Labute approximate surface area is 110 Å². The van der Waals surface area contributed by atoms with Crippen LogP contribution in [0.25, 0.3) is 0 Å². The minimum atomic E-state index is -0.572. The van der Waals surface area contributed by atoms with E-state index in [0.717, 1.165) is 0 Å². The van der Waals surface area contributed by atoms with Crippen molar-refractivity contribution in [3.8, 4) is 0 Å². The third-order valence-corrected chi connectivity index (χ3v) is 2.78. The maximum absolute atomic E-state index is 12.2. The molecule has 1 N–H and O–H groups in total. The van der Waals surface area contributed by atoms with E-state index in [1.165, 1.54) is 18.0 Å². The number of amides is 2. The SMILES string of the molecule is CCOC(=O)c1cccc2c1C(=O)N(C)CC(=O)N2. The predicted octanol–water partition coefficient (Wildman–Crippen LogP) is 0.887. The summed E-state index contributed by atoms with van der Waals surface area (Å²) in [6, 6.07) is 4.71. The zero-order valence-corrected chi connectivity index (χ0v) is 10.7. The van der Waals surface area contributed by atoms with Crippen LogP contribution in [0.15, 0.2) is 18.2 Å². The number of nitrogens with one attached hydrogen (secondary N) is 1. The Morgan fingerprint density at radius 2 is 2.16 bits per heavy atom. The van der Waals surface area contributed by atoms with E-state index in [1.807, 2.05) is 0 Å². The van der Waals surface area contributed by atoms with Crippen molar-refractivity contribution in [2.45, 2.75) is 6.92 Å². The molecule has 1 aromatic rings. The van der Waals surface area contributed by atoms with E-state index in [4.69, 9.17) is 4.74 Å².